The highest BCUT2D eigenvalue weighted by Crippen LogP contribution is 2.25. The summed E-state index contributed by atoms with van der Waals surface area (Å²) in [5, 5.41) is 13.7. The van der Waals surface area contributed by atoms with E-state index < -0.39 is 5.97 Å². The molecule has 1 amide bonds. The van der Waals surface area contributed by atoms with Crippen molar-refractivity contribution in [3.05, 3.63) is 47.8 Å². The number of rotatable bonds is 5. The molecule has 7 heteroatoms. The molecule has 1 N–H and O–H groups in total. The van der Waals surface area contributed by atoms with E-state index in [-0.39, 0.29) is 17.5 Å². The maximum absolute atomic E-state index is 12.7. The highest BCUT2D eigenvalue weighted by Gasteiger charge is 2.25. The number of likely N-dealkylation sites (tertiary alicyclic amines) is 1. The van der Waals surface area contributed by atoms with Crippen LogP contribution in [0, 0.1) is 0 Å². The third kappa shape index (κ3) is 4.27. The molecule has 3 rings (SSSR count). The first-order valence-corrected chi connectivity index (χ1v) is 9.65. The fraction of sp³-hybridized carbons (Fsp3) is 0.421. The van der Waals surface area contributed by atoms with Gasteiger partial charge in [-0.2, -0.15) is 5.10 Å². The average Bonchev–Trinajstić information content (AvgIpc) is 3.12. The minimum atomic E-state index is -0.969. The monoisotopic (exact) mass is 373 g/mol. The molecule has 1 saturated heterocycles. The van der Waals surface area contributed by atoms with E-state index in [2.05, 4.69) is 18.9 Å². The van der Waals surface area contributed by atoms with Crippen molar-refractivity contribution in [1.29, 1.82) is 0 Å². The summed E-state index contributed by atoms with van der Waals surface area (Å²) < 4.78 is 1.71. The second-order valence-electron chi connectivity index (χ2n) is 6.73. The minimum Gasteiger partial charge on any atom is -0.478 e. The summed E-state index contributed by atoms with van der Waals surface area (Å²) in [4.78, 5) is 26.7. The fourth-order valence-corrected chi connectivity index (χ4v) is 3.95. The van der Waals surface area contributed by atoms with Gasteiger partial charge in [-0.15, -0.1) is 11.8 Å². The largest absolute Gasteiger partial charge is 0.478 e. The van der Waals surface area contributed by atoms with Crippen molar-refractivity contribution in [2.75, 3.05) is 13.1 Å². The number of carbonyl (C=O) groups excluding carboxylic acids is 1. The molecular weight excluding hydrogens is 350 g/mol. The molecule has 2 aromatic rings. The van der Waals surface area contributed by atoms with Gasteiger partial charge in [0.1, 0.15) is 0 Å². The highest BCUT2D eigenvalue weighted by molar-refractivity contribution is 7.99. The normalized spacial score (nSPS) is 15.4. The van der Waals surface area contributed by atoms with Gasteiger partial charge in [-0.3, -0.25) is 9.48 Å². The number of thioether (sulfide) groups is 1. The van der Waals surface area contributed by atoms with Gasteiger partial charge >= 0.3 is 5.97 Å². The van der Waals surface area contributed by atoms with Crippen molar-refractivity contribution in [2.24, 2.45) is 0 Å². The molecule has 0 spiro atoms. The third-order valence-electron chi connectivity index (χ3n) is 4.45. The standard InChI is InChI=1S/C19H23N3O3S/c1-13(2)26-17-5-3-14(4-6-17)18(23)21-9-7-16(8-10-21)22-12-15(11-20-22)19(24)25/h3-6,11-13,16H,7-10H2,1-2H3,(H,24,25). The third-order valence-corrected chi connectivity index (χ3v) is 5.46. The Hall–Kier alpha value is -2.28. The van der Waals surface area contributed by atoms with Crippen molar-refractivity contribution in [2.45, 2.75) is 42.9 Å². The van der Waals surface area contributed by atoms with Gasteiger partial charge < -0.3 is 10.0 Å². The highest BCUT2D eigenvalue weighted by atomic mass is 32.2. The zero-order valence-corrected chi connectivity index (χ0v) is 15.8. The first-order chi connectivity index (χ1) is 12.4. The summed E-state index contributed by atoms with van der Waals surface area (Å²) in [5.74, 6) is -0.917. The van der Waals surface area contributed by atoms with Crippen LogP contribution in [0.4, 0.5) is 0 Å². The molecule has 26 heavy (non-hydrogen) atoms. The lowest BCUT2D eigenvalue weighted by molar-refractivity contribution is 0.0688. The van der Waals surface area contributed by atoms with Crippen LogP contribution in [-0.2, 0) is 0 Å². The Morgan fingerprint density at radius 1 is 1.15 bits per heavy atom. The number of carboxylic acid groups (broad SMARTS) is 1. The molecule has 2 heterocycles. The number of piperidine rings is 1. The topological polar surface area (TPSA) is 75.4 Å². The van der Waals surface area contributed by atoms with Gasteiger partial charge in [-0.25, -0.2) is 4.79 Å². The van der Waals surface area contributed by atoms with Crippen LogP contribution in [0.5, 0.6) is 0 Å². The van der Waals surface area contributed by atoms with E-state index >= 15 is 0 Å². The van der Waals surface area contributed by atoms with Crippen LogP contribution in [0.2, 0.25) is 0 Å². The summed E-state index contributed by atoms with van der Waals surface area (Å²) in [6, 6.07) is 7.93. The Morgan fingerprint density at radius 2 is 1.81 bits per heavy atom. The number of hydrogen-bond acceptors (Lipinski definition) is 4. The van der Waals surface area contributed by atoms with Gasteiger partial charge in [0.05, 0.1) is 17.8 Å². The SMILES string of the molecule is CC(C)Sc1ccc(C(=O)N2CCC(n3cc(C(=O)O)cn3)CC2)cc1. The first kappa shape index (κ1) is 18.5. The van der Waals surface area contributed by atoms with Gasteiger partial charge in [0.2, 0.25) is 0 Å². The van der Waals surface area contributed by atoms with Gasteiger partial charge in [0, 0.05) is 35.0 Å². The predicted molar refractivity (Wildman–Crippen MR) is 101 cm³/mol. The lowest BCUT2D eigenvalue weighted by Crippen LogP contribution is -2.39. The van der Waals surface area contributed by atoms with Crippen molar-refractivity contribution in [3.8, 4) is 0 Å². The molecule has 1 aromatic carbocycles. The molecule has 0 radical (unpaired) electrons. The molecule has 138 valence electrons. The number of amides is 1. The summed E-state index contributed by atoms with van der Waals surface area (Å²) in [5.41, 5.74) is 0.909. The molecule has 1 fully saturated rings. The molecule has 0 atom stereocenters. The molecule has 1 aliphatic heterocycles. The minimum absolute atomic E-state index is 0.0521. The molecular formula is C19H23N3O3S. The van der Waals surface area contributed by atoms with Crippen LogP contribution in [0.1, 0.15) is 53.4 Å². The molecule has 0 saturated carbocycles. The van der Waals surface area contributed by atoms with Gasteiger partial charge in [-0.05, 0) is 37.1 Å². The van der Waals surface area contributed by atoms with E-state index in [1.807, 2.05) is 29.2 Å². The van der Waals surface area contributed by atoms with E-state index in [0.717, 1.165) is 12.8 Å². The summed E-state index contributed by atoms with van der Waals surface area (Å²) in [7, 11) is 0. The van der Waals surface area contributed by atoms with Crippen molar-refractivity contribution in [3.63, 3.8) is 0 Å². The smallest absolute Gasteiger partial charge is 0.338 e. The van der Waals surface area contributed by atoms with Gasteiger partial charge in [-0.1, -0.05) is 13.8 Å². The first-order valence-electron chi connectivity index (χ1n) is 8.77. The van der Waals surface area contributed by atoms with E-state index in [9.17, 15) is 9.59 Å². The Kier molecular flexibility index (Phi) is 5.66. The Labute approximate surface area is 157 Å². The molecule has 0 unspecified atom stereocenters. The van der Waals surface area contributed by atoms with Crippen molar-refractivity contribution >= 4 is 23.6 Å². The predicted octanol–water partition coefficient (Wildman–Crippen LogP) is 3.56. The number of hydrogen-bond donors (Lipinski definition) is 1. The van der Waals surface area contributed by atoms with Crippen LogP contribution >= 0.6 is 11.8 Å². The van der Waals surface area contributed by atoms with E-state index in [1.165, 1.54) is 11.1 Å². The van der Waals surface area contributed by atoms with Crippen LogP contribution in [0.3, 0.4) is 0 Å². The Balaban J connectivity index is 1.58. The molecule has 6 nitrogen and oxygen atoms in total. The van der Waals surface area contributed by atoms with E-state index in [1.54, 1.807) is 22.6 Å². The molecule has 1 aromatic heterocycles. The maximum atomic E-state index is 12.7. The lowest BCUT2D eigenvalue weighted by atomic mass is 10.0. The maximum Gasteiger partial charge on any atom is 0.338 e. The van der Waals surface area contributed by atoms with Gasteiger partial charge in [0.15, 0.2) is 0 Å². The van der Waals surface area contributed by atoms with Crippen molar-refractivity contribution < 1.29 is 14.7 Å². The second kappa shape index (κ2) is 7.95. The number of benzene rings is 1. The molecule has 0 aliphatic carbocycles. The molecule has 0 bridgehead atoms. The fourth-order valence-electron chi connectivity index (χ4n) is 3.11. The lowest BCUT2D eigenvalue weighted by Gasteiger charge is -2.32. The number of aromatic nitrogens is 2. The summed E-state index contributed by atoms with van der Waals surface area (Å²) >= 11 is 1.78. The summed E-state index contributed by atoms with van der Waals surface area (Å²) in [6.45, 7) is 5.59. The van der Waals surface area contributed by atoms with Crippen LogP contribution in [0.15, 0.2) is 41.6 Å². The van der Waals surface area contributed by atoms with Crippen molar-refractivity contribution in [1.82, 2.24) is 14.7 Å². The Bertz CT molecular complexity index is 778. The zero-order chi connectivity index (χ0) is 18.7. The number of nitrogens with zero attached hydrogens (tertiary/aromatic N) is 3. The number of carbonyl (C=O) groups is 2. The van der Waals surface area contributed by atoms with Gasteiger partial charge in [0.25, 0.3) is 5.91 Å². The van der Waals surface area contributed by atoms with Crippen LogP contribution in [0.25, 0.3) is 0 Å². The number of carboxylic acids is 1. The molecule has 1 aliphatic rings. The average molecular weight is 373 g/mol. The van der Waals surface area contributed by atoms with Crippen LogP contribution < -0.4 is 0 Å². The zero-order valence-electron chi connectivity index (χ0n) is 15.0. The number of aromatic carboxylic acids is 1. The second-order valence-corrected chi connectivity index (χ2v) is 8.38. The summed E-state index contributed by atoms with van der Waals surface area (Å²) in [6.07, 6.45) is 4.48. The van der Waals surface area contributed by atoms with E-state index in [0.29, 0.717) is 23.9 Å². The van der Waals surface area contributed by atoms with E-state index in [4.69, 9.17) is 5.11 Å². The van der Waals surface area contributed by atoms with Crippen LogP contribution in [-0.4, -0.2) is 50.0 Å². The Morgan fingerprint density at radius 3 is 2.35 bits per heavy atom. The quantitative estimate of drug-likeness (QED) is 0.811.